The van der Waals surface area contributed by atoms with Crippen LogP contribution in [0.5, 0.6) is 0 Å². The van der Waals surface area contributed by atoms with Gasteiger partial charge in [0, 0.05) is 12.4 Å². The van der Waals surface area contributed by atoms with Crippen molar-refractivity contribution in [3.05, 3.63) is 32.5 Å². The van der Waals surface area contributed by atoms with Crippen molar-refractivity contribution in [1.29, 1.82) is 5.26 Å². The summed E-state index contributed by atoms with van der Waals surface area (Å²) in [6.45, 7) is 0. The average Bonchev–Trinajstić information content (AvgIpc) is 2.04. The standard InChI is InChI=1S/C7H4BrN3O2/c8-6-4-10-3-5(1-2-9)7(6)11(12)13/h3-4H,1H2. The molecule has 6 heteroatoms. The smallest absolute Gasteiger partial charge is 0.263 e. The Hall–Kier alpha value is -1.48. The van der Waals surface area contributed by atoms with Crippen LogP contribution in [0.3, 0.4) is 0 Å². The molecule has 0 fully saturated rings. The molecule has 1 aromatic rings. The summed E-state index contributed by atoms with van der Waals surface area (Å²) in [7, 11) is 0. The Labute approximate surface area is 82.3 Å². The van der Waals surface area contributed by atoms with E-state index in [-0.39, 0.29) is 12.1 Å². The molecule has 0 aliphatic heterocycles. The lowest BCUT2D eigenvalue weighted by Crippen LogP contribution is -1.96. The molecule has 0 radical (unpaired) electrons. The van der Waals surface area contributed by atoms with Gasteiger partial charge in [-0.05, 0) is 15.9 Å². The van der Waals surface area contributed by atoms with Gasteiger partial charge in [-0.25, -0.2) is 0 Å². The average molecular weight is 242 g/mol. The molecule has 5 nitrogen and oxygen atoms in total. The second kappa shape index (κ2) is 3.96. The van der Waals surface area contributed by atoms with E-state index in [2.05, 4.69) is 20.9 Å². The number of hydrogen-bond donors (Lipinski definition) is 0. The molecule has 0 atom stereocenters. The first-order valence-corrected chi connectivity index (χ1v) is 4.10. The normalized spacial score (nSPS) is 9.23. The molecule has 0 aliphatic carbocycles. The topological polar surface area (TPSA) is 79.8 Å². The summed E-state index contributed by atoms with van der Waals surface area (Å²) >= 11 is 3.00. The van der Waals surface area contributed by atoms with Crippen LogP contribution >= 0.6 is 15.9 Å². The van der Waals surface area contributed by atoms with E-state index in [1.165, 1.54) is 12.4 Å². The molecule has 1 rings (SSSR count). The lowest BCUT2D eigenvalue weighted by molar-refractivity contribution is -0.386. The minimum atomic E-state index is -0.529. The van der Waals surface area contributed by atoms with Crippen LogP contribution < -0.4 is 0 Å². The summed E-state index contributed by atoms with van der Waals surface area (Å²) < 4.78 is 0.297. The van der Waals surface area contributed by atoms with Crippen molar-refractivity contribution in [3.63, 3.8) is 0 Å². The third kappa shape index (κ3) is 2.00. The number of aromatic nitrogens is 1. The van der Waals surface area contributed by atoms with Gasteiger partial charge in [-0.3, -0.25) is 15.1 Å². The fourth-order valence-corrected chi connectivity index (χ4v) is 1.40. The summed E-state index contributed by atoms with van der Waals surface area (Å²) in [4.78, 5) is 13.8. The summed E-state index contributed by atoms with van der Waals surface area (Å²) in [5, 5.41) is 19.0. The van der Waals surface area contributed by atoms with Gasteiger partial charge in [-0.2, -0.15) is 5.26 Å². The van der Waals surface area contributed by atoms with Crippen molar-refractivity contribution in [3.8, 4) is 6.07 Å². The molecule has 0 bridgehead atoms. The maximum absolute atomic E-state index is 10.6. The number of nitriles is 1. The van der Waals surface area contributed by atoms with Crippen molar-refractivity contribution in [2.24, 2.45) is 0 Å². The van der Waals surface area contributed by atoms with Gasteiger partial charge in [0.05, 0.1) is 23.0 Å². The third-order valence-electron chi connectivity index (χ3n) is 1.40. The van der Waals surface area contributed by atoms with Crippen molar-refractivity contribution in [2.45, 2.75) is 6.42 Å². The van der Waals surface area contributed by atoms with Gasteiger partial charge in [0.2, 0.25) is 0 Å². The zero-order valence-corrected chi connectivity index (χ0v) is 7.98. The van der Waals surface area contributed by atoms with Crippen molar-refractivity contribution >= 4 is 21.6 Å². The Bertz CT molecular complexity index is 386. The largest absolute Gasteiger partial charge is 0.290 e. The SMILES string of the molecule is N#CCc1cncc(Br)c1[N+](=O)[O-]. The molecule has 1 heterocycles. The van der Waals surface area contributed by atoms with Crippen LogP contribution in [-0.4, -0.2) is 9.91 Å². The van der Waals surface area contributed by atoms with Crippen LogP contribution in [0.1, 0.15) is 5.56 Å². The fourth-order valence-electron chi connectivity index (χ4n) is 0.887. The van der Waals surface area contributed by atoms with Gasteiger partial charge >= 0.3 is 0 Å². The van der Waals surface area contributed by atoms with Crippen LogP contribution in [0.15, 0.2) is 16.9 Å². The predicted molar refractivity (Wildman–Crippen MR) is 47.9 cm³/mol. The van der Waals surface area contributed by atoms with E-state index in [1.807, 2.05) is 6.07 Å². The molecule has 0 N–H and O–H groups in total. The minimum absolute atomic E-state index is 0.0112. The summed E-state index contributed by atoms with van der Waals surface area (Å²) in [5.74, 6) is 0. The van der Waals surface area contributed by atoms with E-state index in [0.29, 0.717) is 10.0 Å². The van der Waals surface area contributed by atoms with Crippen molar-refractivity contribution < 1.29 is 4.92 Å². The number of rotatable bonds is 2. The maximum Gasteiger partial charge on any atom is 0.290 e. The molecular weight excluding hydrogens is 238 g/mol. The number of nitro groups is 1. The highest BCUT2D eigenvalue weighted by Gasteiger charge is 2.17. The number of pyridine rings is 1. The third-order valence-corrected chi connectivity index (χ3v) is 1.98. The van der Waals surface area contributed by atoms with Gasteiger partial charge in [0.1, 0.15) is 4.47 Å². The highest BCUT2D eigenvalue weighted by Crippen LogP contribution is 2.27. The lowest BCUT2D eigenvalue weighted by Gasteiger charge is -1.98. The van der Waals surface area contributed by atoms with E-state index in [0.717, 1.165) is 0 Å². The Morgan fingerprint density at radius 1 is 1.69 bits per heavy atom. The van der Waals surface area contributed by atoms with Crippen LogP contribution in [-0.2, 0) is 6.42 Å². The summed E-state index contributed by atoms with van der Waals surface area (Å²) in [6, 6.07) is 1.84. The first-order valence-electron chi connectivity index (χ1n) is 3.30. The van der Waals surface area contributed by atoms with Crippen molar-refractivity contribution in [2.75, 3.05) is 0 Å². The molecule has 0 aromatic carbocycles. The van der Waals surface area contributed by atoms with E-state index in [4.69, 9.17) is 5.26 Å². The second-order valence-corrected chi connectivity index (χ2v) is 3.08. The monoisotopic (exact) mass is 241 g/mol. The van der Waals surface area contributed by atoms with Crippen LogP contribution in [0.2, 0.25) is 0 Å². The second-order valence-electron chi connectivity index (χ2n) is 2.22. The molecule has 0 amide bonds. The van der Waals surface area contributed by atoms with Gasteiger partial charge in [0.25, 0.3) is 5.69 Å². The number of halogens is 1. The Morgan fingerprint density at radius 2 is 2.38 bits per heavy atom. The molecule has 0 saturated carbocycles. The van der Waals surface area contributed by atoms with E-state index in [9.17, 15) is 10.1 Å². The minimum Gasteiger partial charge on any atom is -0.263 e. The molecule has 0 unspecified atom stereocenters. The van der Waals surface area contributed by atoms with Crippen LogP contribution in [0.25, 0.3) is 0 Å². The van der Waals surface area contributed by atoms with E-state index >= 15 is 0 Å². The quantitative estimate of drug-likeness (QED) is 0.585. The highest BCUT2D eigenvalue weighted by molar-refractivity contribution is 9.10. The van der Waals surface area contributed by atoms with Gasteiger partial charge < -0.3 is 0 Å². The maximum atomic E-state index is 10.6. The highest BCUT2D eigenvalue weighted by atomic mass is 79.9. The van der Waals surface area contributed by atoms with Crippen LogP contribution in [0, 0.1) is 21.4 Å². The van der Waals surface area contributed by atoms with Gasteiger partial charge in [-0.1, -0.05) is 0 Å². The molecular formula is C7H4BrN3O2. The lowest BCUT2D eigenvalue weighted by atomic mass is 10.2. The Morgan fingerprint density at radius 3 is 2.92 bits per heavy atom. The molecule has 66 valence electrons. The first kappa shape index (κ1) is 9.61. The Kier molecular flexibility index (Phi) is 2.93. The zero-order valence-electron chi connectivity index (χ0n) is 6.40. The summed E-state index contributed by atoms with van der Waals surface area (Å²) in [5.41, 5.74) is 0.235. The van der Waals surface area contributed by atoms with E-state index in [1.54, 1.807) is 0 Å². The zero-order chi connectivity index (χ0) is 9.84. The number of hydrogen-bond acceptors (Lipinski definition) is 4. The molecule has 0 aliphatic rings. The fraction of sp³-hybridized carbons (Fsp3) is 0.143. The van der Waals surface area contributed by atoms with E-state index < -0.39 is 4.92 Å². The molecule has 0 spiro atoms. The molecule has 1 aromatic heterocycles. The number of nitrogens with zero attached hydrogens (tertiary/aromatic N) is 3. The summed E-state index contributed by atoms with van der Waals surface area (Å²) in [6.07, 6.45) is 2.65. The van der Waals surface area contributed by atoms with Gasteiger partial charge in [-0.15, -0.1) is 0 Å². The predicted octanol–water partition coefficient (Wildman–Crippen LogP) is 1.82. The van der Waals surface area contributed by atoms with Crippen LogP contribution in [0.4, 0.5) is 5.69 Å². The molecule has 0 saturated heterocycles. The van der Waals surface area contributed by atoms with Crippen molar-refractivity contribution in [1.82, 2.24) is 4.98 Å². The van der Waals surface area contributed by atoms with Gasteiger partial charge in [0.15, 0.2) is 0 Å². The Balaban J connectivity index is 3.27. The molecule has 13 heavy (non-hydrogen) atoms. The first-order chi connectivity index (χ1) is 6.16.